The molecule has 0 aromatic rings. The van der Waals surface area contributed by atoms with E-state index in [2.05, 4.69) is 11.0 Å². The van der Waals surface area contributed by atoms with E-state index in [1.54, 1.807) is 0 Å². The lowest BCUT2D eigenvalue weighted by atomic mass is 9.89. The lowest BCUT2D eigenvalue weighted by Crippen LogP contribution is -2.48. The minimum atomic E-state index is 0.240. The summed E-state index contributed by atoms with van der Waals surface area (Å²) in [6.07, 6.45) is 7.71. The van der Waals surface area contributed by atoms with Gasteiger partial charge < -0.3 is 0 Å². The van der Waals surface area contributed by atoms with Crippen LogP contribution in [0.1, 0.15) is 38.5 Å². The molecule has 2 aliphatic rings. The molecule has 2 aliphatic heterocycles. The molecule has 0 aromatic heterocycles. The van der Waals surface area contributed by atoms with Crippen molar-refractivity contribution in [3.8, 4) is 6.07 Å². The maximum Gasteiger partial charge on any atom is 0.0980 e. The molecule has 0 saturated carbocycles. The Morgan fingerprint density at radius 2 is 1.92 bits per heavy atom. The van der Waals surface area contributed by atoms with E-state index in [9.17, 15) is 0 Å². The first-order valence-electron chi connectivity index (χ1n) is 5.07. The molecule has 2 rings (SSSR count). The van der Waals surface area contributed by atoms with Crippen LogP contribution in [0.15, 0.2) is 0 Å². The first-order chi connectivity index (χ1) is 5.92. The second kappa shape index (κ2) is 3.45. The van der Waals surface area contributed by atoms with Gasteiger partial charge in [0.15, 0.2) is 0 Å². The molecule has 0 N–H and O–H groups in total. The Labute approximate surface area is 74.2 Å². The summed E-state index contributed by atoms with van der Waals surface area (Å²) in [6, 6.07) is 3.42. The molecule has 2 heteroatoms. The van der Waals surface area contributed by atoms with E-state index in [-0.39, 0.29) is 6.04 Å². The minimum Gasteiger partial charge on any atom is -0.285 e. The SMILES string of the molecule is N#C[C@@H]1CCC[C@H]2CCCCN21. The van der Waals surface area contributed by atoms with Gasteiger partial charge in [-0.1, -0.05) is 6.42 Å². The van der Waals surface area contributed by atoms with Gasteiger partial charge in [-0.25, -0.2) is 0 Å². The Morgan fingerprint density at radius 3 is 2.75 bits per heavy atom. The van der Waals surface area contributed by atoms with Gasteiger partial charge in [0.25, 0.3) is 0 Å². The Balaban J connectivity index is 2.05. The van der Waals surface area contributed by atoms with Gasteiger partial charge in [0, 0.05) is 6.04 Å². The normalized spacial score (nSPS) is 36.9. The molecule has 0 amide bonds. The van der Waals surface area contributed by atoms with Crippen LogP contribution in [0.4, 0.5) is 0 Å². The van der Waals surface area contributed by atoms with E-state index in [1.165, 1.54) is 38.6 Å². The van der Waals surface area contributed by atoms with E-state index in [0.29, 0.717) is 0 Å². The van der Waals surface area contributed by atoms with Gasteiger partial charge in [-0.2, -0.15) is 5.26 Å². The average Bonchev–Trinajstić information content (AvgIpc) is 2.17. The predicted molar refractivity (Wildman–Crippen MR) is 47.6 cm³/mol. The maximum atomic E-state index is 8.94. The minimum absolute atomic E-state index is 0.240. The first-order valence-corrected chi connectivity index (χ1v) is 5.07. The lowest BCUT2D eigenvalue weighted by Gasteiger charge is -2.42. The second-order valence-corrected chi connectivity index (χ2v) is 3.96. The maximum absolute atomic E-state index is 8.94. The Morgan fingerprint density at radius 1 is 1.08 bits per heavy atom. The summed E-state index contributed by atoms with van der Waals surface area (Å²) >= 11 is 0. The van der Waals surface area contributed by atoms with Crippen molar-refractivity contribution >= 4 is 0 Å². The third-order valence-electron chi connectivity index (χ3n) is 3.24. The van der Waals surface area contributed by atoms with Crippen LogP contribution in [0, 0.1) is 11.3 Å². The van der Waals surface area contributed by atoms with Crippen LogP contribution in [0.3, 0.4) is 0 Å². The zero-order chi connectivity index (χ0) is 8.39. The summed E-state index contributed by atoms with van der Waals surface area (Å²) in [5.74, 6) is 0. The van der Waals surface area contributed by atoms with E-state index < -0.39 is 0 Å². The molecule has 2 heterocycles. The molecule has 0 unspecified atom stereocenters. The van der Waals surface area contributed by atoms with Crippen molar-refractivity contribution < 1.29 is 0 Å². The Hall–Kier alpha value is -0.550. The van der Waals surface area contributed by atoms with Crippen molar-refractivity contribution in [1.82, 2.24) is 4.90 Å². The smallest absolute Gasteiger partial charge is 0.0980 e. The van der Waals surface area contributed by atoms with E-state index in [0.717, 1.165) is 12.5 Å². The molecule has 12 heavy (non-hydrogen) atoms. The third kappa shape index (κ3) is 1.34. The standard InChI is InChI=1S/C10H16N2/c11-8-10-6-3-5-9-4-1-2-7-12(9)10/h9-10H,1-7H2/t9-,10+/m1/s1. The van der Waals surface area contributed by atoms with E-state index in [1.807, 2.05) is 0 Å². The summed E-state index contributed by atoms with van der Waals surface area (Å²) in [5, 5.41) is 8.94. The fraction of sp³-hybridized carbons (Fsp3) is 0.900. The summed E-state index contributed by atoms with van der Waals surface area (Å²) in [5.41, 5.74) is 0. The molecule has 0 spiro atoms. The molecule has 0 bridgehead atoms. The zero-order valence-corrected chi connectivity index (χ0v) is 7.50. The number of nitriles is 1. The van der Waals surface area contributed by atoms with Gasteiger partial charge in [-0.3, -0.25) is 4.90 Å². The molecule has 2 atom stereocenters. The van der Waals surface area contributed by atoms with Crippen molar-refractivity contribution in [1.29, 1.82) is 5.26 Å². The summed E-state index contributed by atoms with van der Waals surface area (Å²) in [7, 11) is 0. The number of piperidine rings is 2. The van der Waals surface area contributed by atoms with E-state index >= 15 is 0 Å². The lowest BCUT2D eigenvalue weighted by molar-refractivity contribution is 0.0778. The van der Waals surface area contributed by atoms with Crippen LogP contribution < -0.4 is 0 Å². The Bertz CT molecular complexity index is 193. The summed E-state index contributed by atoms with van der Waals surface area (Å²) in [6.45, 7) is 1.17. The third-order valence-corrected chi connectivity index (χ3v) is 3.24. The highest BCUT2D eigenvalue weighted by Crippen LogP contribution is 2.29. The molecule has 0 aromatic carbocycles. The van der Waals surface area contributed by atoms with Crippen molar-refractivity contribution in [3.63, 3.8) is 0 Å². The highest BCUT2D eigenvalue weighted by molar-refractivity contribution is 4.98. The van der Waals surface area contributed by atoms with Crippen LogP contribution in [0.5, 0.6) is 0 Å². The largest absolute Gasteiger partial charge is 0.285 e. The monoisotopic (exact) mass is 164 g/mol. The highest BCUT2D eigenvalue weighted by atomic mass is 15.2. The van der Waals surface area contributed by atoms with Gasteiger partial charge in [0.2, 0.25) is 0 Å². The van der Waals surface area contributed by atoms with Crippen molar-refractivity contribution in [3.05, 3.63) is 0 Å². The number of fused-ring (bicyclic) bond motifs is 1. The predicted octanol–water partition coefficient (Wildman–Crippen LogP) is 1.92. The summed E-state index contributed by atoms with van der Waals surface area (Å²) in [4.78, 5) is 2.44. The number of hydrogen-bond acceptors (Lipinski definition) is 2. The van der Waals surface area contributed by atoms with Crippen LogP contribution in [0.2, 0.25) is 0 Å². The molecule has 2 nitrogen and oxygen atoms in total. The van der Waals surface area contributed by atoms with Crippen LogP contribution in [0.25, 0.3) is 0 Å². The second-order valence-electron chi connectivity index (χ2n) is 3.96. The fourth-order valence-electron chi connectivity index (χ4n) is 2.59. The molecule has 66 valence electrons. The zero-order valence-electron chi connectivity index (χ0n) is 7.50. The quantitative estimate of drug-likeness (QED) is 0.547. The van der Waals surface area contributed by atoms with E-state index in [4.69, 9.17) is 5.26 Å². The number of nitrogens with zero attached hydrogens (tertiary/aromatic N) is 2. The van der Waals surface area contributed by atoms with Gasteiger partial charge in [0.05, 0.1) is 12.1 Å². The van der Waals surface area contributed by atoms with Crippen LogP contribution >= 0.6 is 0 Å². The van der Waals surface area contributed by atoms with Gasteiger partial charge in [-0.05, 0) is 38.6 Å². The first kappa shape index (κ1) is 8.07. The topological polar surface area (TPSA) is 27.0 Å². The molecule has 0 aliphatic carbocycles. The Kier molecular flexibility index (Phi) is 2.32. The van der Waals surface area contributed by atoms with Crippen molar-refractivity contribution in [2.45, 2.75) is 50.6 Å². The molecule has 2 fully saturated rings. The van der Waals surface area contributed by atoms with Gasteiger partial charge in [-0.15, -0.1) is 0 Å². The molecule has 2 saturated heterocycles. The van der Waals surface area contributed by atoms with Crippen LogP contribution in [-0.2, 0) is 0 Å². The van der Waals surface area contributed by atoms with Gasteiger partial charge in [0.1, 0.15) is 0 Å². The summed E-state index contributed by atoms with van der Waals surface area (Å²) < 4.78 is 0. The molecular formula is C10H16N2. The van der Waals surface area contributed by atoms with Crippen LogP contribution in [-0.4, -0.2) is 23.5 Å². The van der Waals surface area contributed by atoms with Crippen molar-refractivity contribution in [2.24, 2.45) is 0 Å². The number of hydrogen-bond donors (Lipinski definition) is 0. The molecular weight excluding hydrogens is 148 g/mol. The van der Waals surface area contributed by atoms with Gasteiger partial charge >= 0.3 is 0 Å². The average molecular weight is 164 g/mol. The molecule has 0 radical (unpaired) electrons. The number of rotatable bonds is 0. The fourth-order valence-corrected chi connectivity index (χ4v) is 2.59. The highest BCUT2D eigenvalue weighted by Gasteiger charge is 2.31. The van der Waals surface area contributed by atoms with Crippen molar-refractivity contribution in [2.75, 3.05) is 6.54 Å².